The molecule has 25 nitrogen and oxygen atoms in total. The Bertz CT molecular complexity index is 3850. The summed E-state index contributed by atoms with van der Waals surface area (Å²) in [5, 5.41) is 29.5. The zero-order valence-corrected chi connectivity index (χ0v) is 52.1. The van der Waals surface area contributed by atoms with Crippen molar-refractivity contribution in [2.75, 3.05) is 72.6 Å². The third kappa shape index (κ3) is 20.3. The Kier molecular flexibility index (Phi) is 26.3. The summed E-state index contributed by atoms with van der Waals surface area (Å²) in [7, 11) is 5.78. The van der Waals surface area contributed by atoms with Crippen LogP contribution in [0.3, 0.4) is 0 Å². The van der Waals surface area contributed by atoms with Crippen LogP contribution in [0.2, 0.25) is 20.1 Å². The highest BCUT2D eigenvalue weighted by molar-refractivity contribution is 6.42. The van der Waals surface area contributed by atoms with E-state index in [4.69, 9.17) is 74.2 Å². The minimum Gasteiger partial charge on any atom is -0.399 e. The van der Waals surface area contributed by atoms with Gasteiger partial charge in [-0.2, -0.15) is 0 Å². The summed E-state index contributed by atoms with van der Waals surface area (Å²) in [5.74, 6) is 3.26. The number of rotatable bonds is 20. The van der Waals surface area contributed by atoms with Gasteiger partial charge in [-0.15, -0.1) is 0 Å². The molecule has 9 rings (SSSR count). The summed E-state index contributed by atoms with van der Waals surface area (Å²) in [4.78, 5) is 63.6. The predicted molar refractivity (Wildman–Crippen MR) is 356 cm³/mol. The van der Waals surface area contributed by atoms with Gasteiger partial charge in [-0.25, -0.2) is 39.9 Å². The summed E-state index contributed by atoms with van der Waals surface area (Å²) in [6.45, 7) is 5.96. The second kappa shape index (κ2) is 34.6. The molecule has 0 aliphatic heterocycles. The Morgan fingerprint density at radius 3 is 1.31 bits per heavy atom. The number of ketones is 1. The molecule has 0 atom stereocenters. The largest absolute Gasteiger partial charge is 0.399 e. The Morgan fingerprint density at radius 2 is 0.888 bits per heavy atom. The van der Waals surface area contributed by atoms with E-state index in [9.17, 15) is 4.79 Å². The SMILES string of the molecule is CCc1cccc(Nc2ncnc(N)c2/C=N/OC)c1.CO/N=C/c1c(N)ncnc1Nc1cc(Cl)c(CC(=O)c2ccccc2)cc1C.CO/N=C/c1c(N)ncnc1Nc1ccc(C)c(Cl)c1.CO/N=C/c1c(N)ncnc1Nc1ccc(Cl)c(Cl)c1. The number of oxime groups is 4. The number of carbonyl (C=O) groups is 1. The number of benzene rings is 5. The molecule has 0 spiro atoms. The highest BCUT2D eigenvalue weighted by Crippen LogP contribution is 2.32. The monoisotopic (exact) mass is 1280 g/mol. The Balaban J connectivity index is 0.000000192. The van der Waals surface area contributed by atoms with Crippen molar-refractivity contribution < 1.29 is 24.1 Å². The van der Waals surface area contributed by atoms with Gasteiger partial charge in [0.05, 0.1) is 57.2 Å². The molecule has 0 fully saturated rings. The average Bonchev–Trinajstić information content (AvgIpc) is 2.85. The molecule has 4 aromatic heterocycles. The lowest BCUT2D eigenvalue weighted by molar-refractivity contribution is 0.0993. The molecule has 0 aliphatic carbocycles. The standard InChI is InChI=1S/C21H20ClN5O2.C14H17N5O.C13H14ClN5O.C12H11Cl2N5O/c1-13-8-15(9-19(28)14-6-4-3-5-7-14)17(22)10-18(13)27-21-16(11-26-29-2)20(23)24-12-25-21;1-3-10-5-4-6-11(7-10)19-14-12(8-18-20-2)13(15)16-9-17-14;1-8-3-4-9(5-11(8)14)19-13-10(6-18-20-2)12(15)16-7-17-13;1-20-18-5-8-11(15)16-6-17-12(8)19-7-2-3-9(13)10(14)4-7/h3-8,10-12H,9H2,1-2H3,(H3,23,24,25,27);4-9H,3H2,1-2H3,(H3,15,16,17,19);3-7H,1-2H3,(H3,15,16,17,19);2-6H,1H3,(H3,15,16,17,19)/b26-11+;18-8+;18-6+;18-5+. The summed E-state index contributed by atoms with van der Waals surface area (Å²) < 4.78 is 0. The molecule has 5 aromatic carbocycles. The fourth-order valence-electron chi connectivity index (χ4n) is 7.53. The lowest BCUT2D eigenvalue weighted by atomic mass is 10.0. The average molecular weight is 1290 g/mol. The van der Waals surface area contributed by atoms with E-state index in [1.165, 1.54) is 84.2 Å². The highest BCUT2D eigenvalue weighted by Gasteiger charge is 2.16. The fraction of sp³-hybridized carbons (Fsp3) is 0.150. The number of anilines is 12. The Labute approximate surface area is 533 Å². The number of aromatic nitrogens is 8. The quantitative estimate of drug-likeness (QED) is 0.0200. The minimum absolute atomic E-state index is 0.00856. The molecule has 460 valence electrons. The Hall–Kier alpha value is -10.5. The zero-order valence-electron chi connectivity index (χ0n) is 49.1. The summed E-state index contributed by atoms with van der Waals surface area (Å²) >= 11 is 24.4. The first-order valence-electron chi connectivity index (χ1n) is 26.4. The maximum Gasteiger partial charge on any atom is 0.167 e. The number of halogens is 4. The zero-order chi connectivity index (χ0) is 64.2. The van der Waals surface area contributed by atoms with Gasteiger partial charge in [0.1, 0.15) is 100 Å². The molecule has 4 heterocycles. The molecule has 0 saturated heterocycles. The van der Waals surface area contributed by atoms with Gasteiger partial charge in [0.15, 0.2) is 5.78 Å². The van der Waals surface area contributed by atoms with Gasteiger partial charge in [0.25, 0.3) is 0 Å². The number of hydrogen-bond donors (Lipinski definition) is 8. The third-order valence-electron chi connectivity index (χ3n) is 12.1. The molecule has 0 unspecified atom stereocenters. The first-order chi connectivity index (χ1) is 43.0. The van der Waals surface area contributed by atoms with Crippen LogP contribution in [0.4, 0.5) is 69.3 Å². The van der Waals surface area contributed by atoms with E-state index < -0.39 is 0 Å². The number of nitrogens with zero attached hydrogens (tertiary/aromatic N) is 12. The molecule has 0 radical (unpaired) electrons. The number of aryl methyl sites for hydroxylation is 3. The van der Waals surface area contributed by atoms with Gasteiger partial charge < -0.3 is 63.6 Å². The summed E-state index contributed by atoms with van der Waals surface area (Å²) in [6, 6.07) is 31.6. The lowest BCUT2D eigenvalue weighted by Crippen LogP contribution is -2.07. The maximum atomic E-state index is 12.5. The molecule has 0 saturated carbocycles. The van der Waals surface area contributed by atoms with Gasteiger partial charge >= 0.3 is 0 Å². The van der Waals surface area contributed by atoms with Gasteiger partial charge in [-0.3, -0.25) is 4.79 Å². The van der Waals surface area contributed by atoms with E-state index in [0.717, 1.165) is 40.2 Å². The van der Waals surface area contributed by atoms with Gasteiger partial charge in [0, 0.05) is 44.8 Å². The molecule has 29 heteroatoms. The molecule has 0 amide bonds. The van der Waals surface area contributed by atoms with Crippen LogP contribution in [0, 0.1) is 13.8 Å². The van der Waals surface area contributed by atoms with Crippen molar-refractivity contribution in [1.82, 2.24) is 39.9 Å². The summed E-state index contributed by atoms with van der Waals surface area (Å²) in [5.41, 5.74) is 33.2. The van der Waals surface area contributed by atoms with E-state index in [-0.39, 0.29) is 23.8 Å². The molecule has 89 heavy (non-hydrogen) atoms. The van der Waals surface area contributed by atoms with Gasteiger partial charge in [-0.1, -0.05) is 129 Å². The van der Waals surface area contributed by atoms with Crippen molar-refractivity contribution in [3.8, 4) is 0 Å². The first-order valence-corrected chi connectivity index (χ1v) is 27.9. The fourth-order valence-corrected chi connectivity index (χ4v) is 8.24. The van der Waals surface area contributed by atoms with E-state index >= 15 is 0 Å². The van der Waals surface area contributed by atoms with E-state index in [1.54, 1.807) is 36.4 Å². The van der Waals surface area contributed by atoms with Crippen LogP contribution in [0.1, 0.15) is 61.8 Å². The van der Waals surface area contributed by atoms with Crippen LogP contribution >= 0.6 is 46.4 Å². The second-order valence-corrected chi connectivity index (χ2v) is 19.8. The smallest absolute Gasteiger partial charge is 0.167 e. The third-order valence-corrected chi connectivity index (χ3v) is 13.6. The number of Topliss-reactive ketones (excluding diaryl/α,β-unsaturated/α-hetero) is 1. The highest BCUT2D eigenvalue weighted by atomic mass is 35.5. The second-order valence-electron chi connectivity index (χ2n) is 18.1. The predicted octanol–water partition coefficient (Wildman–Crippen LogP) is 12.3. The number of nitrogen functional groups attached to an aromatic ring is 4. The van der Waals surface area contributed by atoms with Gasteiger partial charge in [0.2, 0.25) is 0 Å². The number of nitrogens with one attached hydrogen (secondary N) is 4. The minimum atomic E-state index is 0.00856. The van der Waals surface area contributed by atoms with E-state index in [0.29, 0.717) is 88.5 Å². The van der Waals surface area contributed by atoms with Crippen LogP contribution in [0.25, 0.3) is 0 Å². The molecular weight excluding hydrogens is 1220 g/mol. The van der Waals surface area contributed by atoms with Crippen LogP contribution in [0.5, 0.6) is 0 Å². The first kappa shape index (κ1) is 67.7. The van der Waals surface area contributed by atoms with Crippen LogP contribution in [-0.4, -0.2) is 99.0 Å². The molecule has 12 N–H and O–H groups in total. The summed E-state index contributed by atoms with van der Waals surface area (Å²) in [6.07, 6.45) is 12.5. The van der Waals surface area contributed by atoms with Crippen molar-refractivity contribution in [3.05, 3.63) is 199 Å². The molecule has 0 aliphatic rings. The normalized spacial score (nSPS) is 10.8. The van der Waals surface area contributed by atoms with Gasteiger partial charge in [-0.05, 0) is 91.1 Å². The number of nitrogens with two attached hydrogens (primary N) is 4. The van der Waals surface area contributed by atoms with Crippen molar-refractivity contribution in [1.29, 1.82) is 0 Å². The van der Waals surface area contributed by atoms with E-state index in [1.807, 2.05) is 68.4 Å². The van der Waals surface area contributed by atoms with Crippen molar-refractivity contribution >= 4 is 146 Å². The molecule has 0 bridgehead atoms. The number of hydrogen-bond acceptors (Lipinski definition) is 25. The van der Waals surface area contributed by atoms with Crippen LogP contribution in [-0.2, 0) is 32.2 Å². The van der Waals surface area contributed by atoms with Crippen molar-refractivity contribution in [2.24, 2.45) is 20.6 Å². The Morgan fingerprint density at radius 1 is 0.461 bits per heavy atom. The maximum absolute atomic E-state index is 12.5. The molecule has 9 aromatic rings. The van der Waals surface area contributed by atoms with E-state index in [2.05, 4.69) is 115 Å². The number of carbonyl (C=O) groups excluding carboxylic acids is 1. The topological polar surface area (TPSA) is 359 Å². The van der Waals surface area contributed by atoms with Crippen LogP contribution in [0.15, 0.2) is 149 Å². The van der Waals surface area contributed by atoms with Crippen molar-refractivity contribution in [3.63, 3.8) is 0 Å². The molecular formula is C60H62Cl4N20O5. The van der Waals surface area contributed by atoms with Crippen LogP contribution < -0.4 is 44.2 Å². The lowest BCUT2D eigenvalue weighted by Gasteiger charge is -2.14. The van der Waals surface area contributed by atoms with Crippen molar-refractivity contribution in [2.45, 2.75) is 33.6 Å².